The van der Waals surface area contributed by atoms with Gasteiger partial charge >= 0.3 is 0 Å². The van der Waals surface area contributed by atoms with Crippen LogP contribution < -0.4 is 15.0 Å². The Balaban J connectivity index is 1.52. The highest BCUT2D eigenvalue weighted by atomic mass is 16.5. The standard InChI is InChI=1S/C23H24N4O3/c1-15-9-10-20-19(11-15)26(4)22(29)23(3,30-20)21(28)25-18-12-24-27(14-18)13-17-8-6-5-7-16(17)2/h5-12,14H,13H2,1-4H3,(H,25,28). The van der Waals surface area contributed by atoms with Crippen molar-refractivity contribution in [3.63, 3.8) is 0 Å². The zero-order chi connectivity index (χ0) is 21.5. The molecule has 4 rings (SSSR count). The van der Waals surface area contributed by atoms with Gasteiger partial charge in [-0.2, -0.15) is 5.10 Å². The average Bonchev–Trinajstić information content (AvgIpc) is 3.15. The van der Waals surface area contributed by atoms with Crippen molar-refractivity contribution >= 4 is 23.2 Å². The van der Waals surface area contributed by atoms with Crippen LogP contribution in [0.4, 0.5) is 11.4 Å². The fourth-order valence-electron chi connectivity index (χ4n) is 3.54. The maximum absolute atomic E-state index is 13.0. The minimum atomic E-state index is -1.67. The van der Waals surface area contributed by atoms with Crippen LogP contribution in [0, 0.1) is 13.8 Å². The van der Waals surface area contributed by atoms with E-state index in [-0.39, 0.29) is 0 Å². The first-order valence-corrected chi connectivity index (χ1v) is 9.74. The third-order valence-corrected chi connectivity index (χ3v) is 5.42. The number of amides is 2. The molecule has 1 atom stereocenters. The van der Waals surface area contributed by atoms with Crippen molar-refractivity contribution < 1.29 is 14.3 Å². The number of fused-ring (bicyclic) bond motifs is 1. The monoisotopic (exact) mass is 404 g/mol. The van der Waals surface area contributed by atoms with Gasteiger partial charge in [-0.3, -0.25) is 14.3 Å². The molecule has 0 radical (unpaired) electrons. The first kappa shape index (κ1) is 19.7. The second kappa shape index (κ2) is 7.33. The Bertz CT molecular complexity index is 1140. The molecule has 0 fully saturated rings. The lowest BCUT2D eigenvalue weighted by atomic mass is 10.00. The van der Waals surface area contributed by atoms with Gasteiger partial charge in [0, 0.05) is 13.2 Å². The van der Waals surface area contributed by atoms with E-state index in [1.54, 1.807) is 30.2 Å². The number of hydrogen-bond acceptors (Lipinski definition) is 4. The fraction of sp³-hybridized carbons (Fsp3) is 0.261. The molecule has 1 aromatic heterocycles. The van der Waals surface area contributed by atoms with Crippen molar-refractivity contribution in [1.29, 1.82) is 0 Å². The first-order chi connectivity index (χ1) is 14.3. The van der Waals surface area contributed by atoms with Crippen LogP contribution in [-0.4, -0.2) is 34.2 Å². The molecule has 30 heavy (non-hydrogen) atoms. The van der Waals surface area contributed by atoms with Crippen molar-refractivity contribution in [2.24, 2.45) is 0 Å². The van der Waals surface area contributed by atoms with E-state index in [1.807, 2.05) is 50.2 Å². The summed E-state index contributed by atoms with van der Waals surface area (Å²) in [5.41, 5.74) is 2.80. The molecule has 0 aliphatic carbocycles. The summed E-state index contributed by atoms with van der Waals surface area (Å²) in [6.45, 7) is 6.06. The van der Waals surface area contributed by atoms with Gasteiger partial charge in [0.2, 0.25) is 0 Å². The van der Waals surface area contributed by atoms with Crippen LogP contribution in [0.25, 0.3) is 0 Å². The summed E-state index contributed by atoms with van der Waals surface area (Å²) in [6.07, 6.45) is 3.30. The van der Waals surface area contributed by atoms with Gasteiger partial charge in [-0.05, 0) is 49.6 Å². The number of rotatable bonds is 4. The Morgan fingerprint density at radius 3 is 2.73 bits per heavy atom. The molecular weight excluding hydrogens is 380 g/mol. The van der Waals surface area contributed by atoms with E-state index in [2.05, 4.69) is 10.4 Å². The van der Waals surface area contributed by atoms with Gasteiger partial charge in [-0.1, -0.05) is 30.3 Å². The summed E-state index contributed by atoms with van der Waals surface area (Å²) in [4.78, 5) is 27.4. The normalized spacial score (nSPS) is 18.0. The zero-order valence-electron chi connectivity index (χ0n) is 17.5. The van der Waals surface area contributed by atoms with Gasteiger partial charge in [-0.15, -0.1) is 0 Å². The molecule has 2 heterocycles. The molecule has 2 amide bonds. The molecule has 3 aromatic rings. The van der Waals surface area contributed by atoms with Gasteiger partial charge < -0.3 is 15.0 Å². The highest BCUT2D eigenvalue weighted by Crippen LogP contribution is 2.38. The lowest BCUT2D eigenvalue weighted by Gasteiger charge is -2.37. The Morgan fingerprint density at radius 2 is 1.97 bits per heavy atom. The maximum Gasteiger partial charge on any atom is 0.280 e. The van der Waals surface area contributed by atoms with E-state index in [4.69, 9.17) is 4.74 Å². The fourth-order valence-corrected chi connectivity index (χ4v) is 3.54. The van der Waals surface area contributed by atoms with E-state index in [0.717, 1.165) is 11.1 Å². The van der Waals surface area contributed by atoms with Gasteiger partial charge in [0.05, 0.1) is 24.1 Å². The number of likely N-dealkylation sites (N-methyl/N-ethyl adjacent to an activating group) is 1. The molecule has 0 saturated carbocycles. The summed E-state index contributed by atoms with van der Waals surface area (Å²) in [5.74, 6) is -0.470. The van der Waals surface area contributed by atoms with Crippen molar-refractivity contribution in [3.8, 4) is 5.75 Å². The Morgan fingerprint density at radius 1 is 1.20 bits per heavy atom. The number of carbonyl (C=O) groups is 2. The van der Waals surface area contributed by atoms with Gasteiger partial charge in [0.15, 0.2) is 0 Å². The Labute approximate surface area is 175 Å². The number of hydrogen-bond donors (Lipinski definition) is 1. The number of aryl methyl sites for hydroxylation is 2. The minimum absolute atomic E-state index is 0.426. The molecule has 1 unspecified atom stereocenters. The van der Waals surface area contributed by atoms with E-state index >= 15 is 0 Å². The predicted molar refractivity (Wildman–Crippen MR) is 115 cm³/mol. The molecule has 0 saturated heterocycles. The van der Waals surface area contributed by atoms with E-state index in [1.165, 1.54) is 17.4 Å². The molecule has 0 spiro atoms. The molecule has 2 aromatic carbocycles. The molecule has 0 bridgehead atoms. The van der Waals surface area contributed by atoms with E-state index in [9.17, 15) is 9.59 Å². The van der Waals surface area contributed by atoms with Crippen LogP contribution in [0.5, 0.6) is 5.75 Å². The number of nitrogens with zero attached hydrogens (tertiary/aromatic N) is 3. The summed E-state index contributed by atoms with van der Waals surface area (Å²) in [6, 6.07) is 13.6. The van der Waals surface area contributed by atoms with Crippen molar-refractivity contribution in [1.82, 2.24) is 9.78 Å². The molecule has 154 valence electrons. The van der Waals surface area contributed by atoms with Crippen LogP contribution in [0.3, 0.4) is 0 Å². The molecular formula is C23H24N4O3. The van der Waals surface area contributed by atoms with Crippen LogP contribution in [0.15, 0.2) is 54.9 Å². The molecule has 1 aliphatic rings. The smallest absolute Gasteiger partial charge is 0.280 e. The topological polar surface area (TPSA) is 76.5 Å². The maximum atomic E-state index is 13.0. The summed E-state index contributed by atoms with van der Waals surface area (Å²) in [7, 11) is 1.65. The van der Waals surface area contributed by atoms with Crippen LogP contribution >= 0.6 is 0 Å². The summed E-state index contributed by atoms with van der Waals surface area (Å²) in [5, 5.41) is 7.09. The highest BCUT2D eigenvalue weighted by molar-refractivity contribution is 6.19. The lowest BCUT2D eigenvalue weighted by Crippen LogP contribution is -2.59. The van der Waals surface area contributed by atoms with Crippen LogP contribution in [0.1, 0.15) is 23.6 Å². The molecule has 7 nitrogen and oxygen atoms in total. The molecule has 1 aliphatic heterocycles. The minimum Gasteiger partial charge on any atom is -0.465 e. The summed E-state index contributed by atoms with van der Waals surface area (Å²) < 4.78 is 7.62. The van der Waals surface area contributed by atoms with Gasteiger partial charge in [0.25, 0.3) is 17.4 Å². The molecule has 1 N–H and O–H groups in total. The predicted octanol–water partition coefficient (Wildman–Crippen LogP) is 3.30. The van der Waals surface area contributed by atoms with Gasteiger partial charge in [-0.25, -0.2) is 0 Å². The SMILES string of the molecule is Cc1ccc2c(c1)N(C)C(=O)C(C)(C(=O)Nc1cnn(Cc3ccccc3C)c1)O2. The number of benzene rings is 2. The van der Waals surface area contributed by atoms with Gasteiger partial charge in [0.1, 0.15) is 5.75 Å². The van der Waals surface area contributed by atoms with Crippen LogP contribution in [0.2, 0.25) is 0 Å². The second-order valence-electron chi connectivity index (χ2n) is 7.78. The average molecular weight is 404 g/mol. The summed E-state index contributed by atoms with van der Waals surface area (Å²) >= 11 is 0. The third kappa shape index (κ3) is 3.43. The Kier molecular flexibility index (Phi) is 4.81. The Hall–Kier alpha value is -3.61. The highest BCUT2D eigenvalue weighted by Gasteiger charge is 2.49. The van der Waals surface area contributed by atoms with Crippen LogP contribution in [-0.2, 0) is 16.1 Å². The van der Waals surface area contributed by atoms with Crippen molar-refractivity contribution in [3.05, 3.63) is 71.5 Å². The third-order valence-electron chi connectivity index (χ3n) is 5.42. The largest absolute Gasteiger partial charge is 0.465 e. The number of aromatic nitrogens is 2. The number of carbonyl (C=O) groups excluding carboxylic acids is 2. The second-order valence-corrected chi connectivity index (χ2v) is 7.78. The zero-order valence-corrected chi connectivity index (χ0v) is 17.5. The number of anilines is 2. The van der Waals surface area contributed by atoms with E-state index < -0.39 is 17.4 Å². The lowest BCUT2D eigenvalue weighted by molar-refractivity contribution is -0.144. The quantitative estimate of drug-likeness (QED) is 0.677. The first-order valence-electron chi connectivity index (χ1n) is 9.74. The number of nitrogens with one attached hydrogen (secondary N) is 1. The number of ether oxygens (including phenoxy) is 1. The van der Waals surface area contributed by atoms with Crippen molar-refractivity contribution in [2.75, 3.05) is 17.3 Å². The van der Waals surface area contributed by atoms with Crippen molar-refractivity contribution in [2.45, 2.75) is 32.9 Å². The van der Waals surface area contributed by atoms with E-state index in [0.29, 0.717) is 23.7 Å². The molecule has 7 heteroatoms.